The molecule has 0 aliphatic heterocycles. The molecular weight excluding hydrogens is 390 g/mol. The molecule has 146 valence electrons. The van der Waals surface area contributed by atoms with E-state index in [-0.39, 0.29) is 4.90 Å². The molecule has 4 aromatic rings. The molecule has 0 atom stereocenters. The number of rotatable bonds is 4. The molecule has 8 heteroatoms. The Bertz CT molecular complexity index is 1350. The maximum atomic E-state index is 12.6. The van der Waals surface area contributed by atoms with Crippen LogP contribution in [0.3, 0.4) is 0 Å². The summed E-state index contributed by atoms with van der Waals surface area (Å²) in [7, 11) is -2.41. The normalized spacial score (nSPS) is 11.5. The number of aromatic nitrogens is 2. The first-order valence-corrected chi connectivity index (χ1v) is 10.2. The lowest BCUT2D eigenvalue weighted by Crippen LogP contribution is -2.13. The standard InChI is InChI=1S/C21H17N3O4S/c1-13-6-9-15(10-7-13)29(26,27)24-14-8-11-17-19(12-14)22-18-5-3-4-16(20(18)23-17)21(25)28-2/h3-12,24H,1-2H3. The SMILES string of the molecule is COC(=O)c1cccc2nc3cc(NS(=O)(=O)c4ccc(C)cc4)ccc3nc12. The van der Waals surface area contributed by atoms with E-state index >= 15 is 0 Å². The average molecular weight is 407 g/mol. The smallest absolute Gasteiger partial charge is 0.340 e. The number of sulfonamides is 1. The van der Waals surface area contributed by atoms with Crippen molar-refractivity contribution in [3.8, 4) is 0 Å². The largest absolute Gasteiger partial charge is 0.465 e. The minimum absolute atomic E-state index is 0.176. The van der Waals surface area contributed by atoms with Crippen molar-refractivity contribution < 1.29 is 17.9 Å². The fourth-order valence-electron chi connectivity index (χ4n) is 2.97. The van der Waals surface area contributed by atoms with Crippen molar-refractivity contribution >= 4 is 43.7 Å². The van der Waals surface area contributed by atoms with Crippen molar-refractivity contribution in [2.45, 2.75) is 11.8 Å². The first-order valence-electron chi connectivity index (χ1n) is 8.76. The number of benzene rings is 3. The number of para-hydroxylation sites is 1. The summed E-state index contributed by atoms with van der Waals surface area (Å²) >= 11 is 0. The van der Waals surface area contributed by atoms with Crippen molar-refractivity contribution in [3.63, 3.8) is 0 Å². The molecule has 0 bridgehead atoms. The van der Waals surface area contributed by atoms with Gasteiger partial charge in [-0.05, 0) is 49.4 Å². The molecule has 1 N–H and O–H groups in total. The highest BCUT2D eigenvalue weighted by Crippen LogP contribution is 2.24. The van der Waals surface area contributed by atoms with Crippen LogP contribution in [-0.4, -0.2) is 31.5 Å². The van der Waals surface area contributed by atoms with Gasteiger partial charge >= 0.3 is 5.97 Å². The Balaban J connectivity index is 1.75. The molecule has 7 nitrogen and oxygen atoms in total. The zero-order valence-corrected chi connectivity index (χ0v) is 16.5. The highest BCUT2D eigenvalue weighted by atomic mass is 32.2. The first kappa shape index (κ1) is 18.8. The molecule has 0 saturated carbocycles. The highest BCUT2D eigenvalue weighted by molar-refractivity contribution is 7.92. The predicted molar refractivity (Wildman–Crippen MR) is 110 cm³/mol. The molecule has 0 amide bonds. The third kappa shape index (κ3) is 3.62. The minimum Gasteiger partial charge on any atom is -0.465 e. The van der Waals surface area contributed by atoms with Crippen molar-refractivity contribution in [2.75, 3.05) is 11.8 Å². The molecule has 3 aromatic carbocycles. The monoisotopic (exact) mass is 407 g/mol. The summed E-state index contributed by atoms with van der Waals surface area (Å²) in [4.78, 5) is 21.2. The Morgan fingerprint density at radius 1 is 0.931 bits per heavy atom. The molecule has 0 saturated heterocycles. The van der Waals surface area contributed by atoms with Gasteiger partial charge in [0.15, 0.2) is 0 Å². The van der Waals surface area contributed by atoms with Gasteiger partial charge in [-0.25, -0.2) is 23.2 Å². The van der Waals surface area contributed by atoms with Crippen LogP contribution >= 0.6 is 0 Å². The van der Waals surface area contributed by atoms with Crippen molar-refractivity contribution in [1.29, 1.82) is 0 Å². The van der Waals surface area contributed by atoms with Crippen LogP contribution in [0.1, 0.15) is 15.9 Å². The minimum atomic E-state index is -3.72. The molecule has 1 aromatic heterocycles. The summed E-state index contributed by atoms with van der Waals surface area (Å²) < 4.78 is 32.6. The van der Waals surface area contributed by atoms with Gasteiger partial charge in [-0.1, -0.05) is 23.8 Å². The fourth-order valence-corrected chi connectivity index (χ4v) is 4.02. The molecule has 29 heavy (non-hydrogen) atoms. The summed E-state index contributed by atoms with van der Waals surface area (Å²) in [6, 6.07) is 16.5. The molecule has 0 aliphatic carbocycles. The Labute approximate surface area is 167 Å². The van der Waals surface area contributed by atoms with Gasteiger partial charge in [0, 0.05) is 0 Å². The summed E-state index contributed by atoms with van der Waals surface area (Å²) in [6.07, 6.45) is 0. The van der Waals surface area contributed by atoms with Gasteiger partial charge < -0.3 is 4.74 Å². The number of hydrogen-bond donors (Lipinski definition) is 1. The van der Waals surface area contributed by atoms with Gasteiger partial charge in [-0.15, -0.1) is 0 Å². The lowest BCUT2D eigenvalue weighted by Gasteiger charge is -2.10. The van der Waals surface area contributed by atoms with Crippen molar-refractivity contribution in [2.24, 2.45) is 0 Å². The Morgan fingerprint density at radius 2 is 1.69 bits per heavy atom. The van der Waals surface area contributed by atoms with E-state index in [9.17, 15) is 13.2 Å². The van der Waals surface area contributed by atoms with Gasteiger partial charge in [0.25, 0.3) is 10.0 Å². The number of ether oxygens (including phenoxy) is 1. The third-order valence-corrected chi connectivity index (χ3v) is 5.85. The van der Waals surface area contributed by atoms with Crippen LogP contribution in [0.4, 0.5) is 5.69 Å². The number of methoxy groups -OCH3 is 1. The lowest BCUT2D eigenvalue weighted by molar-refractivity contribution is 0.0602. The number of nitrogens with one attached hydrogen (secondary N) is 1. The predicted octanol–water partition coefficient (Wildman–Crippen LogP) is 3.68. The molecule has 0 unspecified atom stereocenters. The molecule has 0 fully saturated rings. The van der Waals surface area contributed by atoms with Crippen molar-refractivity contribution in [1.82, 2.24) is 9.97 Å². The molecule has 0 spiro atoms. The van der Waals surface area contributed by atoms with E-state index in [4.69, 9.17) is 4.74 Å². The van der Waals surface area contributed by atoms with Crippen LogP contribution in [-0.2, 0) is 14.8 Å². The Hall–Kier alpha value is -3.52. The lowest BCUT2D eigenvalue weighted by atomic mass is 10.1. The number of carbonyl (C=O) groups is 1. The second-order valence-corrected chi connectivity index (χ2v) is 8.19. The molecule has 1 heterocycles. The quantitative estimate of drug-likeness (QED) is 0.409. The summed E-state index contributed by atoms with van der Waals surface area (Å²) in [5, 5.41) is 0. The second kappa shape index (κ2) is 7.14. The number of anilines is 1. The third-order valence-electron chi connectivity index (χ3n) is 4.45. The molecule has 0 radical (unpaired) electrons. The maximum absolute atomic E-state index is 12.6. The summed E-state index contributed by atoms with van der Waals surface area (Å²) in [6.45, 7) is 1.89. The molecule has 0 aliphatic rings. The Morgan fingerprint density at radius 3 is 2.41 bits per heavy atom. The van der Waals surface area contributed by atoms with Crippen LogP contribution in [0.15, 0.2) is 65.6 Å². The Kier molecular flexibility index (Phi) is 4.63. The van der Waals surface area contributed by atoms with Crippen molar-refractivity contribution in [3.05, 3.63) is 71.8 Å². The van der Waals surface area contributed by atoms with E-state index in [0.29, 0.717) is 33.3 Å². The number of hydrogen-bond acceptors (Lipinski definition) is 6. The number of nitrogens with zero attached hydrogens (tertiary/aromatic N) is 2. The zero-order chi connectivity index (χ0) is 20.6. The van der Waals surface area contributed by atoms with Gasteiger partial charge in [0.1, 0.15) is 5.52 Å². The summed E-state index contributed by atoms with van der Waals surface area (Å²) in [5.74, 6) is -0.494. The van der Waals surface area contributed by atoms with E-state index < -0.39 is 16.0 Å². The summed E-state index contributed by atoms with van der Waals surface area (Å²) in [5.41, 5.74) is 3.65. The van der Waals surface area contributed by atoms with Gasteiger partial charge in [-0.2, -0.15) is 0 Å². The number of carbonyl (C=O) groups excluding carboxylic acids is 1. The molecular formula is C21H17N3O4S. The highest BCUT2D eigenvalue weighted by Gasteiger charge is 2.16. The van der Waals surface area contributed by atoms with Crippen LogP contribution in [0.5, 0.6) is 0 Å². The topological polar surface area (TPSA) is 98.2 Å². The second-order valence-electron chi connectivity index (χ2n) is 6.51. The number of esters is 1. The van der Waals surface area contributed by atoms with Crippen LogP contribution in [0.25, 0.3) is 22.1 Å². The number of fused-ring (bicyclic) bond motifs is 2. The maximum Gasteiger partial charge on any atom is 0.340 e. The van der Waals surface area contributed by atoms with E-state index in [1.165, 1.54) is 7.11 Å². The van der Waals surface area contributed by atoms with Gasteiger partial charge in [0.05, 0.1) is 39.8 Å². The van der Waals surface area contributed by atoms with E-state index in [2.05, 4.69) is 14.7 Å². The van der Waals surface area contributed by atoms with Crippen LogP contribution in [0, 0.1) is 6.92 Å². The zero-order valence-electron chi connectivity index (χ0n) is 15.7. The first-order chi connectivity index (χ1) is 13.9. The van der Waals surface area contributed by atoms with E-state index in [0.717, 1.165) is 5.56 Å². The number of aryl methyl sites for hydroxylation is 1. The van der Waals surface area contributed by atoms with Gasteiger partial charge in [-0.3, -0.25) is 4.72 Å². The van der Waals surface area contributed by atoms with E-state index in [1.54, 1.807) is 60.7 Å². The molecule has 4 rings (SSSR count). The fraction of sp³-hybridized carbons (Fsp3) is 0.0952. The van der Waals surface area contributed by atoms with Crippen LogP contribution in [0.2, 0.25) is 0 Å². The van der Waals surface area contributed by atoms with E-state index in [1.807, 2.05) is 6.92 Å². The average Bonchev–Trinajstić information content (AvgIpc) is 2.71. The van der Waals surface area contributed by atoms with Gasteiger partial charge in [0.2, 0.25) is 0 Å². The van der Waals surface area contributed by atoms with Crippen LogP contribution < -0.4 is 4.72 Å².